The lowest BCUT2D eigenvalue weighted by atomic mass is 10.3. The summed E-state index contributed by atoms with van der Waals surface area (Å²) in [6.45, 7) is 11.5. The predicted molar refractivity (Wildman–Crippen MR) is 90.5 cm³/mol. The average Bonchev–Trinajstić information content (AvgIpc) is 2.37. The van der Waals surface area contributed by atoms with E-state index in [1.807, 2.05) is 0 Å². The smallest absolute Gasteiger partial charge is 0.0769 e. The molecule has 0 aromatic heterocycles. The second-order valence-corrected chi connectivity index (χ2v) is 10.4. The molecular weight excluding hydrogens is 235 g/mol. The van der Waals surface area contributed by atoms with Gasteiger partial charge in [-0.1, -0.05) is 45.6 Å². The van der Waals surface area contributed by atoms with Crippen LogP contribution in [0, 0.1) is 0 Å². The molecular formula is C17H36P+. The molecule has 0 atom stereocenters. The maximum atomic E-state index is 2.54. The summed E-state index contributed by atoms with van der Waals surface area (Å²) in [5, 5.41) is 0. The van der Waals surface area contributed by atoms with Gasteiger partial charge in [0.1, 0.15) is 0 Å². The number of allylic oxidation sites excluding steroid dienone is 2. The van der Waals surface area contributed by atoms with Crippen molar-refractivity contribution < 1.29 is 0 Å². The van der Waals surface area contributed by atoms with Crippen LogP contribution in [0.4, 0.5) is 0 Å². The van der Waals surface area contributed by atoms with E-state index < -0.39 is 7.26 Å². The lowest BCUT2D eigenvalue weighted by Gasteiger charge is -2.27. The van der Waals surface area contributed by atoms with Crippen LogP contribution in [0.1, 0.15) is 73.1 Å². The Balaban J connectivity index is 4.67. The number of rotatable bonds is 11. The zero-order chi connectivity index (χ0) is 13.9. The lowest BCUT2D eigenvalue weighted by Crippen LogP contribution is -2.12. The van der Waals surface area contributed by atoms with Gasteiger partial charge in [0, 0.05) is 7.26 Å². The summed E-state index contributed by atoms with van der Waals surface area (Å²) in [7, 11) is -0.676. The van der Waals surface area contributed by atoms with Crippen molar-refractivity contribution in [1.29, 1.82) is 0 Å². The Morgan fingerprint density at radius 3 is 1.44 bits per heavy atom. The van der Waals surface area contributed by atoms with E-state index in [-0.39, 0.29) is 0 Å². The van der Waals surface area contributed by atoms with Gasteiger partial charge < -0.3 is 0 Å². The fraction of sp³-hybridized carbons (Fsp3) is 0.882. The number of hydrogen-bond acceptors (Lipinski definition) is 0. The van der Waals surface area contributed by atoms with E-state index in [0.717, 1.165) is 0 Å². The molecule has 0 aliphatic rings. The summed E-state index contributed by atoms with van der Waals surface area (Å²) in [4.78, 5) is 0. The monoisotopic (exact) mass is 271 g/mol. The van der Waals surface area contributed by atoms with Crippen molar-refractivity contribution in [1.82, 2.24) is 0 Å². The zero-order valence-corrected chi connectivity index (χ0v) is 14.5. The molecule has 18 heavy (non-hydrogen) atoms. The SMILES string of the molecule is CCCC[P+](CC=C(C)C)(CCCC)CCCC. The van der Waals surface area contributed by atoms with Crippen LogP contribution in [0.5, 0.6) is 0 Å². The van der Waals surface area contributed by atoms with Crippen molar-refractivity contribution in [2.75, 3.05) is 24.6 Å². The molecule has 0 saturated heterocycles. The van der Waals surface area contributed by atoms with E-state index in [2.05, 4.69) is 40.7 Å². The Bertz CT molecular complexity index is 192. The second-order valence-electron chi connectivity index (χ2n) is 6.04. The minimum absolute atomic E-state index is 0.676. The largest absolute Gasteiger partial charge is 0.0776 e. The molecule has 0 spiro atoms. The normalized spacial score (nSPS) is 11.6. The Hall–Kier alpha value is 0.170. The Morgan fingerprint density at radius 1 is 0.778 bits per heavy atom. The molecule has 0 aliphatic carbocycles. The van der Waals surface area contributed by atoms with Gasteiger partial charge in [0.2, 0.25) is 0 Å². The summed E-state index contributed by atoms with van der Waals surface area (Å²) in [6, 6.07) is 0. The molecule has 1 heteroatoms. The highest BCUT2D eigenvalue weighted by atomic mass is 31.2. The third-order valence-electron chi connectivity index (χ3n) is 3.84. The zero-order valence-electron chi connectivity index (χ0n) is 13.6. The van der Waals surface area contributed by atoms with Crippen LogP contribution < -0.4 is 0 Å². The molecule has 108 valence electrons. The fourth-order valence-electron chi connectivity index (χ4n) is 2.47. The second kappa shape index (κ2) is 11.0. The first kappa shape index (κ1) is 18.2. The van der Waals surface area contributed by atoms with Gasteiger partial charge in [-0.2, -0.15) is 0 Å². The van der Waals surface area contributed by atoms with Crippen LogP contribution in [-0.4, -0.2) is 24.6 Å². The van der Waals surface area contributed by atoms with Gasteiger partial charge in [0.05, 0.1) is 24.6 Å². The molecule has 0 amide bonds. The van der Waals surface area contributed by atoms with E-state index in [0.29, 0.717) is 0 Å². The first-order valence-corrected chi connectivity index (χ1v) is 10.6. The highest BCUT2D eigenvalue weighted by Gasteiger charge is 2.33. The Morgan fingerprint density at radius 2 is 1.17 bits per heavy atom. The van der Waals surface area contributed by atoms with Gasteiger partial charge in [0.25, 0.3) is 0 Å². The predicted octanol–water partition coefficient (Wildman–Crippen LogP) is 6.37. The number of hydrogen-bond donors (Lipinski definition) is 0. The third-order valence-corrected chi connectivity index (χ3v) is 8.60. The van der Waals surface area contributed by atoms with Crippen molar-refractivity contribution in [2.45, 2.75) is 73.1 Å². The maximum Gasteiger partial charge on any atom is 0.0776 e. The van der Waals surface area contributed by atoms with Gasteiger partial charge in [-0.15, -0.1) is 0 Å². The van der Waals surface area contributed by atoms with Crippen LogP contribution in [0.25, 0.3) is 0 Å². The van der Waals surface area contributed by atoms with Crippen molar-refractivity contribution in [3.05, 3.63) is 11.6 Å². The van der Waals surface area contributed by atoms with E-state index in [9.17, 15) is 0 Å². The summed E-state index contributed by atoms with van der Waals surface area (Å²) < 4.78 is 0. The standard InChI is InChI=1S/C17H36P/c1-6-9-13-18(14-10-7-2,15-11-8-3)16-12-17(4)5/h12H,6-11,13-16H2,1-5H3/q+1. The van der Waals surface area contributed by atoms with E-state index >= 15 is 0 Å². The molecule has 0 radical (unpaired) electrons. The summed E-state index contributed by atoms with van der Waals surface area (Å²) in [5.41, 5.74) is 1.52. The van der Waals surface area contributed by atoms with Crippen LogP contribution >= 0.6 is 7.26 Å². The molecule has 0 nitrogen and oxygen atoms in total. The highest BCUT2D eigenvalue weighted by Crippen LogP contribution is 2.60. The average molecular weight is 271 g/mol. The third kappa shape index (κ3) is 8.30. The van der Waals surface area contributed by atoms with Gasteiger partial charge in [0.15, 0.2) is 0 Å². The first-order chi connectivity index (χ1) is 8.60. The lowest BCUT2D eigenvalue weighted by molar-refractivity contribution is 0.835. The summed E-state index contributed by atoms with van der Waals surface area (Å²) in [6.07, 6.45) is 17.1. The molecule has 0 heterocycles. The first-order valence-electron chi connectivity index (χ1n) is 8.08. The van der Waals surface area contributed by atoms with Gasteiger partial charge >= 0.3 is 0 Å². The van der Waals surface area contributed by atoms with Crippen molar-refractivity contribution >= 4 is 7.26 Å². The maximum absolute atomic E-state index is 2.54. The minimum Gasteiger partial charge on any atom is -0.0769 e. The van der Waals surface area contributed by atoms with Crippen molar-refractivity contribution in [3.8, 4) is 0 Å². The molecule has 0 bridgehead atoms. The van der Waals surface area contributed by atoms with Crippen LogP contribution in [0.2, 0.25) is 0 Å². The molecule has 0 fully saturated rings. The molecule has 0 rings (SSSR count). The minimum atomic E-state index is -0.676. The quantitative estimate of drug-likeness (QED) is 0.302. The molecule has 0 saturated carbocycles. The van der Waals surface area contributed by atoms with E-state index in [1.54, 1.807) is 18.5 Å². The van der Waals surface area contributed by atoms with Crippen LogP contribution in [0.3, 0.4) is 0 Å². The fourth-order valence-corrected chi connectivity index (χ4v) is 7.40. The van der Waals surface area contributed by atoms with Crippen LogP contribution in [0.15, 0.2) is 11.6 Å². The Labute approximate surface area is 117 Å². The molecule has 0 aromatic carbocycles. The molecule has 0 aromatic rings. The van der Waals surface area contributed by atoms with Gasteiger partial charge in [-0.05, 0) is 39.2 Å². The molecule has 0 aliphatic heterocycles. The topological polar surface area (TPSA) is 0 Å². The highest BCUT2D eigenvalue weighted by molar-refractivity contribution is 7.76. The number of unbranched alkanes of at least 4 members (excludes halogenated alkanes) is 3. The summed E-state index contributed by atoms with van der Waals surface area (Å²) >= 11 is 0. The van der Waals surface area contributed by atoms with Gasteiger partial charge in [-0.25, -0.2) is 0 Å². The van der Waals surface area contributed by atoms with Crippen LogP contribution in [-0.2, 0) is 0 Å². The molecule has 0 unspecified atom stereocenters. The Kier molecular flexibility index (Phi) is 11.1. The summed E-state index contributed by atoms with van der Waals surface area (Å²) in [5.74, 6) is 0. The van der Waals surface area contributed by atoms with Crippen molar-refractivity contribution in [3.63, 3.8) is 0 Å². The van der Waals surface area contributed by atoms with E-state index in [4.69, 9.17) is 0 Å². The van der Waals surface area contributed by atoms with E-state index in [1.165, 1.54) is 50.3 Å². The molecule has 0 N–H and O–H groups in total. The van der Waals surface area contributed by atoms with Gasteiger partial charge in [-0.3, -0.25) is 0 Å². The van der Waals surface area contributed by atoms with Crippen molar-refractivity contribution in [2.24, 2.45) is 0 Å².